The average Bonchev–Trinajstić information content (AvgIpc) is 2.66. The van der Waals surface area contributed by atoms with E-state index in [0.29, 0.717) is 34.1 Å². The van der Waals surface area contributed by atoms with E-state index in [1.54, 1.807) is 36.4 Å². The van der Waals surface area contributed by atoms with Crippen molar-refractivity contribution in [2.45, 2.75) is 0 Å². The maximum Gasteiger partial charge on any atom is 1.00 e. The van der Waals surface area contributed by atoms with Gasteiger partial charge in [0.25, 0.3) is 0 Å². The SMILES string of the molecule is COc1ccc(/C=C\c2cc(OC)c(OC)c(OC)c2)c(OP(=O)([O-])[O-])c1Br.[Na+].[Na+]. The molecule has 0 saturated heterocycles. The van der Waals surface area contributed by atoms with Gasteiger partial charge in [0, 0.05) is 5.56 Å². The minimum Gasteiger partial charge on any atom is -0.780 e. The van der Waals surface area contributed by atoms with Crippen molar-refractivity contribution in [1.29, 1.82) is 0 Å². The van der Waals surface area contributed by atoms with Crippen molar-refractivity contribution in [2.75, 3.05) is 28.4 Å². The maximum atomic E-state index is 11.1. The molecule has 2 aromatic carbocycles. The van der Waals surface area contributed by atoms with Crippen LogP contribution in [0.3, 0.4) is 0 Å². The molecule has 0 fully saturated rings. The van der Waals surface area contributed by atoms with Crippen LogP contribution in [0.1, 0.15) is 11.1 Å². The zero-order valence-electron chi connectivity index (χ0n) is 17.6. The number of hydrogen-bond acceptors (Lipinski definition) is 8. The summed E-state index contributed by atoms with van der Waals surface area (Å²) < 4.78 is 36.9. The number of benzene rings is 2. The van der Waals surface area contributed by atoms with Crippen molar-refractivity contribution in [3.8, 4) is 28.7 Å². The largest absolute Gasteiger partial charge is 1.00 e. The van der Waals surface area contributed by atoms with Gasteiger partial charge in [-0.2, -0.15) is 0 Å². The molecule has 152 valence electrons. The van der Waals surface area contributed by atoms with E-state index in [9.17, 15) is 14.4 Å². The van der Waals surface area contributed by atoms with E-state index in [2.05, 4.69) is 20.5 Å². The summed E-state index contributed by atoms with van der Waals surface area (Å²) in [5, 5.41) is 0. The van der Waals surface area contributed by atoms with Gasteiger partial charge in [-0.25, -0.2) is 0 Å². The van der Waals surface area contributed by atoms with Gasteiger partial charge in [0.2, 0.25) is 5.75 Å². The van der Waals surface area contributed by atoms with Crippen molar-refractivity contribution in [3.05, 3.63) is 39.9 Å². The Hall–Kier alpha value is -0.190. The van der Waals surface area contributed by atoms with E-state index in [-0.39, 0.29) is 69.3 Å². The Labute approximate surface area is 227 Å². The number of halogens is 1. The van der Waals surface area contributed by atoms with Gasteiger partial charge in [0.1, 0.15) is 23.8 Å². The van der Waals surface area contributed by atoms with E-state index in [0.717, 1.165) is 0 Å². The van der Waals surface area contributed by atoms with Crippen molar-refractivity contribution in [1.82, 2.24) is 0 Å². The third-order valence-electron chi connectivity index (χ3n) is 3.66. The van der Waals surface area contributed by atoms with Crippen LogP contribution in [-0.4, -0.2) is 28.4 Å². The summed E-state index contributed by atoms with van der Waals surface area (Å²) in [5.74, 6) is 1.50. The van der Waals surface area contributed by atoms with Crippen LogP contribution in [0.15, 0.2) is 28.7 Å². The number of hydrogen-bond donors (Lipinski definition) is 0. The Morgan fingerprint density at radius 3 is 1.80 bits per heavy atom. The Morgan fingerprint density at radius 1 is 0.833 bits per heavy atom. The van der Waals surface area contributed by atoms with Crippen molar-refractivity contribution in [2.24, 2.45) is 0 Å². The molecule has 0 aliphatic rings. The summed E-state index contributed by atoms with van der Waals surface area (Å²) in [6.45, 7) is 0. The normalized spacial score (nSPS) is 10.6. The predicted octanol–water partition coefficient (Wildman–Crippen LogP) is -3.13. The van der Waals surface area contributed by atoms with Crippen LogP contribution in [0, 0.1) is 0 Å². The van der Waals surface area contributed by atoms with Crippen LogP contribution < -0.4 is 92.4 Å². The van der Waals surface area contributed by atoms with Gasteiger partial charge in [-0.15, -0.1) is 0 Å². The van der Waals surface area contributed by atoms with Crippen molar-refractivity contribution < 1.29 is 96.9 Å². The molecule has 0 heterocycles. The molecule has 0 amide bonds. The molecule has 0 radical (unpaired) electrons. The zero-order chi connectivity index (χ0) is 20.9. The summed E-state index contributed by atoms with van der Waals surface area (Å²) in [7, 11) is 0.620. The minimum atomic E-state index is -5.28. The Morgan fingerprint density at radius 2 is 1.37 bits per heavy atom. The molecular formula is C18H18BrNa2O8P. The first-order chi connectivity index (χ1) is 13.2. The fourth-order valence-corrected chi connectivity index (χ4v) is 3.58. The summed E-state index contributed by atoms with van der Waals surface area (Å²) >= 11 is 3.20. The molecule has 0 saturated carbocycles. The molecule has 2 aromatic rings. The molecule has 2 rings (SSSR count). The molecule has 30 heavy (non-hydrogen) atoms. The zero-order valence-corrected chi connectivity index (χ0v) is 24.0. The van der Waals surface area contributed by atoms with Crippen LogP contribution in [0.2, 0.25) is 0 Å². The van der Waals surface area contributed by atoms with Crippen LogP contribution in [0.4, 0.5) is 0 Å². The van der Waals surface area contributed by atoms with E-state index in [4.69, 9.17) is 18.9 Å². The molecule has 0 aromatic heterocycles. The third-order valence-corrected chi connectivity index (χ3v) is 4.81. The molecule has 0 bridgehead atoms. The van der Waals surface area contributed by atoms with E-state index in [1.165, 1.54) is 28.4 Å². The second-order valence-electron chi connectivity index (χ2n) is 5.33. The van der Waals surface area contributed by atoms with Crippen LogP contribution in [0.5, 0.6) is 28.7 Å². The summed E-state index contributed by atoms with van der Waals surface area (Å²) in [5.41, 5.74) is 1.02. The smallest absolute Gasteiger partial charge is 0.780 e. The van der Waals surface area contributed by atoms with Crippen LogP contribution in [0.25, 0.3) is 12.2 Å². The number of methoxy groups -OCH3 is 4. The molecule has 0 spiro atoms. The standard InChI is InChI=1S/C18H20BrO8P.2Na/c1-23-13-8-7-12(17(16(13)19)27-28(20,21)22)6-5-11-9-14(24-2)18(26-4)15(10-11)25-3;;/h5-10H,1-4H3,(H2,20,21,22);;/q;2*+1/p-2/b6-5-;;. The molecule has 0 N–H and O–H groups in total. The average molecular weight is 519 g/mol. The number of phosphoric acid groups is 1. The quantitative estimate of drug-likeness (QED) is 0.205. The fourth-order valence-electron chi connectivity index (χ4n) is 2.43. The maximum absolute atomic E-state index is 11.1. The minimum absolute atomic E-state index is 0. The Balaban J connectivity index is 0.00000420. The summed E-state index contributed by atoms with van der Waals surface area (Å²) in [6, 6.07) is 6.58. The number of phosphoric ester groups is 1. The first-order valence-electron chi connectivity index (χ1n) is 7.80. The predicted molar refractivity (Wildman–Crippen MR) is 104 cm³/mol. The molecule has 0 unspecified atom stereocenters. The van der Waals surface area contributed by atoms with Gasteiger partial charge < -0.3 is 37.8 Å². The summed E-state index contributed by atoms with van der Waals surface area (Å²) in [4.78, 5) is 22.3. The van der Waals surface area contributed by atoms with Gasteiger partial charge >= 0.3 is 59.1 Å². The number of ether oxygens (including phenoxy) is 4. The molecular weight excluding hydrogens is 501 g/mol. The molecule has 0 aliphatic carbocycles. The second-order valence-corrected chi connectivity index (χ2v) is 7.20. The van der Waals surface area contributed by atoms with Gasteiger partial charge in [-0.3, -0.25) is 0 Å². The Bertz CT molecular complexity index is 908. The fraction of sp³-hybridized carbons (Fsp3) is 0.222. The third kappa shape index (κ3) is 7.74. The molecule has 12 heteroatoms. The van der Waals surface area contributed by atoms with Crippen LogP contribution >= 0.6 is 23.8 Å². The first-order valence-corrected chi connectivity index (χ1v) is 10.1. The van der Waals surface area contributed by atoms with E-state index >= 15 is 0 Å². The van der Waals surface area contributed by atoms with Crippen molar-refractivity contribution >= 4 is 35.9 Å². The second kappa shape index (κ2) is 13.4. The molecule has 8 nitrogen and oxygen atoms in total. The van der Waals surface area contributed by atoms with Crippen molar-refractivity contribution in [3.63, 3.8) is 0 Å². The van der Waals surface area contributed by atoms with E-state index < -0.39 is 7.82 Å². The Kier molecular flexibility index (Phi) is 13.3. The van der Waals surface area contributed by atoms with Crippen LogP contribution in [-0.2, 0) is 4.57 Å². The van der Waals surface area contributed by atoms with E-state index in [1.807, 2.05) is 0 Å². The van der Waals surface area contributed by atoms with Gasteiger partial charge in [0.05, 0.1) is 28.4 Å². The first kappa shape index (κ1) is 29.8. The van der Waals surface area contributed by atoms with Gasteiger partial charge in [0.15, 0.2) is 11.5 Å². The van der Waals surface area contributed by atoms with Gasteiger partial charge in [-0.05, 0) is 45.8 Å². The number of rotatable bonds is 8. The topological polar surface area (TPSA) is 109 Å². The monoisotopic (exact) mass is 518 g/mol. The summed E-state index contributed by atoms with van der Waals surface area (Å²) in [6.07, 6.45) is 3.25. The molecule has 0 aliphatic heterocycles. The van der Waals surface area contributed by atoms with Gasteiger partial charge in [-0.1, -0.05) is 12.2 Å². The molecule has 0 atom stereocenters.